The molecule has 0 bridgehead atoms. The zero-order valence-corrected chi connectivity index (χ0v) is 11.8. The number of benzene rings is 1. The molecule has 0 saturated heterocycles. The van der Waals surface area contributed by atoms with Crippen molar-refractivity contribution in [1.29, 1.82) is 0 Å². The van der Waals surface area contributed by atoms with E-state index in [2.05, 4.69) is 54.0 Å². The predicted molar refractivity (Wildman–Crippen MR) is 78.0 cm³/mol. The lowest BCUT2D eigenvalue weighted by atomic mass is 10.2. The van der Waals surface area contributed by atoms with Crippen molar-refractivity contribution in [2.24, 2.45) is 0 Å². The van der Waals surface area contributed by atoms with Gasteiger partial charge in [-0.2, -0.15) is 0 Å². The molecule has 0 amide bonds. The summed E-state index contributed by atoms with van der Waals surface area (Å²) in [7, 11) is 2.03. The Labute approximate surface area is 111 Å². The third-order valence-corrected chi connectivity index (χ3v) is 4.76. The molecule has 0 spiro atoms. The van der Waals surface area contributed by atoms with E-state index in [0.29, 0.717) is 6.04 Å². The van der Waals surface area contributed by atoms with E-state index in [-0.39, 0.29) is 0 Å². The molecule has 1 aromatic carbocycles. The summed E-state index contributed by atoms with van der Waals surface area (Å²) in [5.74, 6) is 1.07. The molecule has 0 radical (unpaired) electrons. The maximum atomic E-state index is 3.38. The normalized spacial score (nSPS) is 12.6. The molecule has 1 aromatic heterocycles. The van der Waals surface area contributed by atoms with Crippen LogP contribution in [0.25, 0.3) is 0 Å². The number of hydrogen-bond acceptors (Lipinski definition) is 3. The number of hydrogen-bond donors (Lipinski definition) is 1. The number of nitrogens with one attached hydrogen (secondary N) is 1. The Hall–Kier alpha value is -0.770. The van der Waals surface area contributed by atoms with Gasteiger partial charge in [-0.1, -0.05) is 23.8 Å². The van der Waals surface area contributed by atoms with Crippen molar-refractivity contribution in [3.05, 3.63) is 52.2 Å². The van der Waals surface area contributed by atoms with Gasteiger partial charge in [-0.15, -0.1) is 23.1 Å². The topological polar surface area (TPSA) is 12.0 Å². The van der Waals surface area contributed by atoms with E-state index >= 15 is 0 Å². The predicted octanol–water partition coefficient (Wildman–Crippen LogP) is 4.11. The lowest BCUT2D eigenvalue weighted by Gasteiger charge is -2.13. The molecule has 3 heteroatoms. The smallest absolute Gasteiger partial charge is 0.0507 e. The molecule has 1 unspecified atom stereocenters. The minimum absolute atomic E-state index is 0.446. The first kappa shape index (κ1) is 12.7. The number of rotatable bonds is 5. The van der Waals surface area contributed by atoms with Crippen LogP contribution in [0, 0.1) is 6.92 Å². The van der Waals surface area contributed by atoms with Gasteiger partial charge in [0.2, 0.25) is 0 Å². The molecule has 90 valence electrons. The summed E-state index contributed by atoms with van der Waals surface area (Å²) in [4.78, 5) is 2.75. The molecule has 0 aliphatic heterocycles. The summed E-state index contributed by atoms with van der Waals surface area (Å²) in [5, 5.41) is 5.51. The van der Waals surface area contributed by atoms with Crippen LogP contribution in [-0.4, -0.2) is 12.8 Å². The van der Waals surface area contributed by atoms with Gasteiger partial charge in [0.15, 0.2) is 0 Å². The van der Waals surface area contributed by atoms with Crippen molar-refractivity contribution >= 4 is 23.1 Å². The van der Waals surface area contributed by atoms with Crippen molar-refractivity contribution < 1.29 is 0 Å². The van der Waals surface area contributed by atoms with Crippen molar-refractivity contribution in [3.8, 4) is 0 Å². The van der Waals surface area contributed by atoms with Gasteiger partial charge in [0.05, 0.1) is 6.04 Å². The summed E-state index contributed by atoms with van der Waals surface area (Å²) in [6.07, 6.45) is 0. The number of thioether (sulfide) groups is 1. The van der Waals surface area contributed by atoms with Crippen LogP contribution in [0.4, 0.5) is 0 Å². The van der Waals surface area contributed by atoms with Gasteiger partial charge in [0.25, 0.3) is 0 Å². The molecule has 1 N–H and O–H groups in total. The van der Waals surface area contributed by atoms with Crippen LogP contribution in [0.3, 0.4) is 0 Å². The van der Waals surface area contributed by atoms with Gasteiger partial charge in [-0.05, 0) is 37.6 Å². The molecule has 1 nitrogen and oxygen atoms in total. The van der Waals surface area contributed by atoms with E-state index in [9.17, 15) is 0 Å². The third kappa shape index (κ3) is 3.60. The van der Waals surface area contributed by atoms with E-state index in [4.69, 9.17) is 0 Å². The van der Waals surface area contributed by atoms with Crippen LogP contribution in [0.2, 0.25) is 0 Å². The van der Waals surface area contributed by atoms with E-state index in [1.165, 1.54) is 15.3 Å². The van der Waals surface area contributed by atoms with Crippen molar-refractivity contribution in [3.63, 3.8) is 0 Å². The van der Waals surface area contributed by atoms with Crippen molar-refractivity contribution in [2.45, 2.75) is 17.9 Å². The van der Waals surface area contributed by atoms with Gasteiger partial charge < -0.3 is 5.32 Å². The number of aryl methyl sites for hydroxylation is 1. The Morgan fingerprint density at radius 3 is 2.59 bits per heavy atom. The summed E-state index contributed by atoms with van der Waals surface area (Å²) in [6.45, 7) is 2.12. The highest BCUT2D eigenvalue weighted by atomic mass is 32.2. The average Bonchev–Trinajstić information content (AvgIpc) is 2.86. The molecule has 1 atom stereocenters. The SMILES string of the molecule is CNC(CSc1ccc(C)cc1)c1cccs1. The molecule has 0 fully saturated rings. The Morgan fingerprint density at radius 1 is 1.24 bits per heavy atom. The molecular formula is C14H17NS2. The van der Waals surface area contributed by atoms with Crippen LogP contribution >= 0.6 is 23.1 Å². The first-order valence-electron chi connectivity index (χ1n) is 5.69. The first-order valence-corrected chi connectivity index (χ1v) is 7.56. The maximum absolute atomic E-state index is 3.38. The molecule has 2 rings (SSSR count). The minimum atomic E-state index is 0.446. The average molecular weight is 263 g/mol. The van der Waals surface area contributed by atoms with E-state index < -0.39 is 0 Å². The highest BCUT2D eigenvalue weighted by Crippen LogP contribution is 2.27. The Balaban J connectivity index is 1.94. The van der Waals surface area contributed by atoms with Crippen LogP contribution < -0.4 is 5.32 Å². The quantitative estimate of drug-likeness (QED) is 0.815. The van der Waals surface area contributed by atoms with E-state index in [1.54, 1.807) is 0 Å². The largest absolute Gasteiger partial charge is 0.312 e. The lowest BCUT2D eigenvalue weighted by Crippen LogP contribution is -2.17. The Kier molecular flexibility index (Phi) is 4.66. The summed E-state index contributed by atoms with van der Waals surface area (Å²) >= 11 is 3.72. The van der Waals surface area contributed by atoms with Gasteiger partial charge >= 0.3 is 0 Å². The fourth-order valence-electron chi connectivity index (χ4n) is 1.61. The van der Waals surface area contributed by atoms with Gasteiger partial charge in [0.1, 0.15) is 0 Å². The lowest BCUT2D eigenvalue weighted by molar-refractivity contribution is 0.673. The Morgan fingerprint density at radius 2 is 2.00 bits per heavy atom. The summed E-state index contributed by atoms with van der Waals surface area (Å²) < 4.78 is 0. The standard InChI is InChI=1S/C14H17NS2/c1-11-5-7-12(8-6-11)17-10-13(15-2)14-4-3-9-16-14/h3-9,13,15H,10H2,1-2H3. The molecule has 0 aliphatic carbocycles. The number of thiophene rings is 1. The molecule has 1 heterocycles. The van der Waals surface area contributed by atoms with E-state index in [1.807, 2.05) is 30.1 Å². The molecule has 0 saturated carbocycles. The maximum Gasteiger partial charge on any atom is 0.0507 e. The summed E-state index contributed by atoms with van der Waals surface area (Å²) in [5.41, 5.74) is 1.32. The molecule has 0 aliphatic rings. The minimum Gasteiger partial charge on any atom is -0.312 e. The highest BCUT2D eigenvalue weighted by Gasteiger charge is 2.10. The molecule has 2 aromatic rings. The van der Waals surface area contributed by atoms with Gasteiger partial charge in [-0.3, -0.25) is 0 Å². The molecular weight excluding hydrogens is 246 g/mol. The van der Waals surface area contributed by atoms with Crippen LogP contribution in [0.5, 0.6) is 0 Å². The molecule has 17 heavy (non-hydrogen) atoms. The van der Waals surface area contributed by atoms with Crippen LogP contribution in [-0.2, 0) is 0 Å². The zero-order valence-electron chi connectivity index (χ0n) is 10.1. The Bertz CT molecular complexity index is 434. The highest BCUT2D eigenvalue weighted by molar-refractivity contribution is 7.99. The monoisotopic (exact) mass is 263 g/mol. The first-order chi connectivity index (χ1) is 8.29. The second kappa shape index (κ2) is 6.24. The fraction of sp³-hybridized carbons (Fsp3) is 0.286. The van der Waals surface area contributed by atoms with Gasteiger partial charge in [0, 0.05) is 15.5 Å². The fourth-order valence-corrected chi connectivity index (χ4v) is 3.59. The van der Waals surface area contributed by atoms with E-state index in [0.717, 1.165) is 5.75 Å². The summed E-state index contributed by atoms with van der Waals surface area (Å²) in [6, 6.07) is 13.5. The van der Waals surface area contributed by atoms with Crippen LogP contribution in [0.1, 0.15) is 16.5 Å². The third-order valence-electron chi connectivity index (χ3n) is 2.67. The van der Waals surface area contributed by atoms with Crippen molar-refractivity contribution in [2.75, 3.05) is 12.8 Å². The second-order valence-electron chi connectivity index (χ2n) is 3.98. The van der Waals surface area contributed by atoms with Gasteiger partial charge in [-0.25, -0.2) is 0 Å². The second-order valence-corrected chi connectivity index (χ2v) is 6.05. The van der Waals surface area contributed by atoms with Crippen LogP contribution in [0.15, 0.2) is 46.7 Å². The van der Waals surface area contributed by atoms with Crippen molar-refractivity contribution in [1.82, 2.24) is 5.32 Å². The zero-order chi connectivity index (χ0) is 12.1.